The molecular formula is C22H29ClN2O2S. The molecule has 2 fully saturated rings. The van der Waals surface area contributed by atoms with E-state index in [1.165, 1.54) is 10.4 Å². The van der Waals surface area contributed by atoms with Gasteiger partial charge in [-0.2, -0.15) is 0 Å². The summed E-state index contributed by atoms with van der Waals surface area (Å²) >= 11 is 7.92. The van der Waals surface area contributed by atoms with E-state index >= 15 is 0 Å². The minimum atomic E-state index is -0.409. The lowest BCUT2D eigenvalue weighted by Gasteiger charge is -2.35. The molecule has 0 unspecified atom stereocenters. The van der Waals surface area contributed by atoms with Crippen LogP contribution in [-0.4, -0.2) is 54.3 Å². The number of nitrogens with zero attached hydrogens (tertiary/aromatic N) is 2. The number of fused-ring (bicyclic) bond motifs is 1. The average molecular weight is 421 g/mol. The monoisotopic (exact) mass is 420 g/mol. The van der Waals surface area contributed by atoms with E-state index in [2.05, 4.69) is 35.3 Å². The number of likely N-dealkylation sites (tertiary alicyclic amines) is 1. The molecule has 2 aliphatic rings. The number of aliphatic hydroxyl groups excluding tert-OH is 1. The Labute approximate surface area is 176 Å². The molecule has 1 aromatic carbocycles. The molecule has 0 bridgehead atoms. The summed E-state index contributed by atoms with van der Waals surface area (Å²) in [7, 11) is 4.21. The van der Waals surface area contributed by atoms with Crippen molar-refractivity contribution < 1.29 is 9.84 Å². The number of halogens is 1. The lowest BCUT2D eigenvalue weighted by Crippen LogP contribution is -2.42. The number of benzene rings is 1. The van der Waals surface area contributed by atoms with Crippen molar-refractivity contribution in [3.8, 4) is 5.75 Å². The van der Waals surface area contributed by atoms with Crippen molar-refractivity contribution in [1.82, 2.24) is 9.80 Å². The molecule has 1 saturated carbocycles. The zero-order valence-electron chi connectivity index (χ0n) is 16.6. The summed E-state index contributed by atoms with van der Waals surface area (Å²) in [6.45, 7) is 4.18. The van der Waals surface area contributed by atoms with Crippen LogP contribution < -0.4 is 4.74 Å². The molecule has 0 spiro atoms. The molecule has 0 radical (unpaired) electrons. The van der Waals surface area contributed by atoms with Crippen molar-refractivity contribution in [2.75, 3.05) is 27.2 Å². The third kappa shape index (κ3) is 4.89. The molecule has 2 heterocycles. The summed E-state index contributed by atoms with van der Waals surface area (Å²) < 4.78 is 6.09. The minimum absolute atomic E-state index is 0.145. The van der Waals surface area contributed by atoms with Crippen LogP contribution in [0.2, 0.25) is 5.02 Å². The first-order valence-corrected chi connectivity index (χ1v) is 11.3. The molecule has 6 heteroatoms. The Hall–Kier alpha value is -1.11. The normalized spacial score (nSPS) is 27.9. The van der Waals surface area contributed by atoms with Gasteiger partial charge in [0.2, 0.25) is 0 Å². The van der Waals surface area contributed by atoms with E-state index in [0.29, 0.717) is 16.9 Å². The second-order valence-corrected chi connectivity index (χ2v) is 9.96. The summed E-state index contributed by atoms with van der Waals surface area (Å²) in [5.41, 5.74) is 1.40. The van der Waals surface area contributed by atoms with E-state index in [0.717, 1.165) is 44.8 Å². The van der Waals surface area contributed by atoms with Crippen LogP contribution >= 0.6 is 22.9 Å². The highest BCUT2D eigenvalue weighted by molar-refractivity contribution is 7.10. The van der Waals surface area contributed by atoms with Gasteiger partial charge in [-0.15, -0.1) is 11.3 Å². The molecule has 1 N–H and O–H groups in total. The van der Waals surface area contributed by atoms with Gasteiger partial charge >= 0.3 is 0 Å². The second kappa shape index (κ2) is 8.72. The van der Waals surface area contributed by atoms with Gasteiger partial charge in [0.25, 0.3) is 0 Å². The summed E-state index contributed by atoms with van der Waals surface area (Å²) in [5, 5.41) is 13.6. The van der Waals surface area contributed by atoms with E-state index in [-0.39, 0.29) is 6.10 Å². The van der Waals surface area contributed by atoms with E-state index in [4.69, 9.17) is 16.3 Å². The van der Waals surface area contributed by atoms with Crippen LogP contribution in [-0.2, 0) is 13.1 Å². The van der Waals surface area contributed by atoms with Gasteiger partial charge < -0.3 is 14.7 Å². The zero-order chi connectivity index (χ0) is 19.7. The molecule has 152 valence electrons. The van der Waals surface area contributed by atoms with Gasteiger partial charge in [0, 0.05) is 36.1 Å². The van der Waals surface area contributed by atoms with Crippen LogP contribution in [0.5, 0.6) is 5.75 Å². The predicted molar refractivity (Wildman–Crippen MR) is 115 cm³/mol. The first kappa shape index (κ1) is 20.2. The molecule has 1 aromatic heterocycles. The van der Waals surface area contributed by atoms with Crippen molar-refractivity contribution in [2.45, 2.75) is 38.1 Å². The predicted octanol–water partition coefficient (Wildman–Crippen LogP) is 4.11. The van der Waals surface area contributed by atoms with Crippen molar-refractivity contribution in [3.63, 3.8) is 0 Å². The summed E-state index contributed by atoms with van der Waals surface area (Å²) in [6, 6.07) is 9.80. The van der Waals surface area contributed by atoms with Crippen molar-refractivity contribution in [3.05, 3.63) is 51.2 Å². The van der Waals surface area contributed by atoms with Crippen LogP contribution in [0.25, 0.3) is 0 Å². The number of hydrogen-bond donors (Lipinski definition) is 1. The van der Waals surface area contributed by atoms with E-state index in [1.54, 1.807) is 0 Å². The first-order chi connectivity index (χ1) is 13.5. The van der Waals surface area contributed by atoms with Gasteiger partial charge in [-0.25, -0.2) is 0 Å². The molecule has 4 atom stereocenters. The molecule has 4 rings (SSSR count). The highest BCUT2D eigenvalue weighted by Crippen LogP contribution is 2.39. The van der Waals surface area contributed by atoms with Crippen molar-refractivity contribution in [2.24, 2.45) is 11.8 Å². The molecule has 1 saturated heterocycles. The van der Waals surface area contributed by atoms with Crippen LogP contribution in [0, 0.1) is 11.8 Å². The molecular weight excluding hydrogens is 392 g/mol. The number of aliphatic hydroxyl groups is 1. The van der Waals surface area contributed by atoms with Crippen molar-refractivity contribution in [1.29, 1.82) is 0 Å². The Morgan fingerprint density at radius 2 is 2.00 bits per heavy atom. The van der Waals surface area contributed by atoms with Gasteiger partial charge in [-0.3, -0.25) is 4.90 Å². The van der Waals surface area contributed by atoms with Gasteiger partial charge in [-0.05, 0) is 74.0 Å². The quantitative estimate of drug-likeness (QED) is 0.762. The van der Waals surface area contributed by atoms with Gasteiger partial charge in [0.1, 0.15) is 11.9 Å². The smallest absolute Gasteiger partial charge is 0.125 e. The highest BCUT2D eigenvalue weighted by atomic mass is 35.5. The van der Waals surface area contributed by atoms with Gasteiger partial charge in [-0.1, -0.05) is 17.7 Å². The highest BCUT2D eigenvalue weighted by Gasteiger charge is 2.42. The fourth-order valence-corrected chi connectivity index (χ4v) is 5.74. The fourth-order valence-electron chi connectivity index (χ4n) is 4.64. The Bertz CT molecular complexity index is 796. The second-order valence-electron chi connectivity index (χ2n) is 8.53. The fraction of sp³-hybridized carbons (Fsp3) is 0.545. The summed E-state index contributed by atoms with van der Waals surface area (Å²) in [5.74, 6) is 1.90. The SMILES string of the molecule is CN(C)Cc1csc(CN2C[C@H]3C[C@@H](Oc4cccc(Cl)c4)[C@H](O)C[C@H]3C2)c1. The third-order valence-corrected chi connectivity index (χ3v) is 7.04. The van der Waals surface area contributed by atoms with Crippen LogP contribution in [0.1, 0.15) is 23.3 Å². The standard InChI is InChI=1S/C22H29ClN2O2S/c1-24(2)10-15-6-20(28-14-15)13-25-11-16-7-21(26)22(8-17(16)12-25)27-19-5-3-4-18(23)9-19/h3-6,9,14,16-17,21-22,26H,7-8,10-13H2,1-2H3/t16-,17+,21+,22+/m0/s1. The number of rotatable bonds is 6. The maximum atomic E-state index is 10.6. The summed E-state index contributed by atoms with van der Waals surface area (Å²) in [4.78, 5) is 6.19. The molecule has 1 aliphatic heterocycles. The largest absolute Gasteiger partial charge is 0.488 e. The molecule has 4 nitrogen and oxygen atoms in total. The van der Waals surface area contributed by atoms with Crippen LogP contribution in [0.15, 0.2) is 35.7 Å². The molecule has 0 amide bonds. The van der Waals surface area contributed by atoms with Crippen molar-refractivity contribution >= 4 is 22.9 Å². The summed E-state index contributed by atoms with van der Waals surface area (Å²) in [6.07, 6.45) is 1.18. The Balaban J connectivity index is 1.34. The van der Waals surface area contributed by atoms with E-state index < -0.39 is 6.10 Å². The first-order valence-electron chi connectivity index (χ1n) is 10.00. The molecule has 28 heavy (non-hydrogen) atoms. The number of thiophene rings is 1. The van der Waals surface area contributed by atoms with Gasteiger partial charge in [0.15, 0.2) is 0 Å². The number of hydrogen-bond acceptors (Lipinski definition) is 5. The maximum Gasteiger partial charge on any atom is 0.125 e. The number of ether oxygens (including phenoxy) is 1. The Morgan fingerprint density at radius 3 is 2.75 bits per heavy atom. The van der Waals surface area contributed by atoms with E-state index in [1.807, 2.05) is 35.6 Å². The molecule has 2 aromatic rings. The zero-order valence-corrected chi connectivity index (χ0v) is 18.1. The minimum Gasteiger partial charge on any atom is -0.488 e. The van der Waals surface area contributed by atoms with Gasteiger partial charge in [0.05, 0.1) is 6.10 Å². The average Bonchev–Trinajstić information content (AvgIpc) is 3.21. The van der Waals surface area contributed by atoms with E-state index in [9.17, 15) is 5.11 Å². The topological polar surface area (TPSA) is 35.9 Å². The Morgan fingerprint density at radius 1 is 1.21 bits per heavy atom. The lowest BCUT2D eigenvalue weighted by atomic mass is 9.78. The maximum absolute atomic E-state index is 10.6. The van der Waals surface area contributed by atoms with Crippen LogP contribution in [0.3, 0.4) is 0 Å². The lowest BCUT2D eigenvalue weighted by molar-refractivity contribution is -0.0231. The molecule has 1 aliphatic carbocycles. The third-order valence-electron chi connectivity index (χ3n) is 5.83. The van der Waals surface area contributed by atoms with Crippen LogP contribution in [0.4, 0.5) is 0 Å². The Kier molecular flexibility index (Phi) is 6.28.